The van der Waals surface area contributed by atoms with Gasteiger partial charge in [-0.15, -0.1) is 0 Å². The molecule has 2 aromatic rings. The second kappa shape index (κ2) is 10.2. The van der Waals surface area contributed by atoms with Crippen molar-refractivity contribution in [2.24, 2.45) is 0 Å². The van der Waals surface area contributed by atoms with E-state index in [1.54, 1.807) is 50.4 Å². The van der Waals surface area contributed by atoms with Crippen LogP contribution in [0.1, 0.15) is 35.3 Å². The van der Waals surface area contributed by atoms with Gasteiger partial charge in [-0.2, -0.15) is 0 Å². The first-order valence-corrected chi connectivity index (χ1v) is 8.84. The van der Waals surface area contributed by atoms with E-state index in [1.807, 2.05) is 6.07 Å². The Morgan fingerprint density at radius 2 is 1.68 bits per heavy atom. The standard InChI is InChI=1S/C21H25NO6/c1-5-28-20(23)13-18(14-7-6-8-15(11-14)25-2)22-21(24)17-12-16(26-3)9-10-19(17)27-4/h6-12,18H,5,13H2,1-4H3,(H,22,24). The van der Waals surface area contributed by atoms with Crippen LogP contribution in [-0.2, 0) is 9.53 Å². The van der Waals surface area contributed by atoms with E-state index in [9.17, 15) is 9.59 Å². The molecule has 7 nitrogen and oxygen atoms in total. The zero-order valence-electron chi connectivity index (χ0n) is 16.5. The van der Waals surface area contributed by atoms with Crippen molar-refractivity contribution >= 4 is 11.9 Å². The Balaban J connectivity index is 2.33. The molecule has 2 aromatic carbocycles. The molecule has 2 rings (SSSR count). The highest BCUT2D eigenvalue weighted by Crippen LogP contribution is 2.27. The topological polar surface area (TPSA) is 83.1 Å². The van der Waals surface area contributed by atoms with Crippen LogP contribution in [0, 0.1) is 0 Å². The van der Waals surface area contributed by atoms with Crippen molar-refractivity contribution in [2.75, 3.05) is 27.9 Å². The number of rotatable bonds is 9. The van der Waals surface area contributed by atoms with E-state index in [2.05, 4.69) is 5.32 Å². The van der Waals surface area contributed by atoms with Gasteiger partial charge in [-0.3, -0.25) is 9.59 Å². The molecule has 0 heterocycles. The molecule has 28 heavy (non-hydrogen) atoms. The summed E-state index contributed by atoms with van der Waals surface area (Å²) in [4.78, 5) is 25.0. The average molecular weight is 387 g/mol. The summed E-state index contributed by atoms with van der Waals surface area (Å²) >= 11 is 0. The Bertz CT molecular complexity index is 820. The second-order valence-corrected chi connectivity index (χ2v) is 5.88. The van der Waals surface area contributed by atoms with Crippen molar-refractivity contribution in [1.82, 2.24) is 5.32 Å². The number of nitrogens with one attached hydrogen (secondary N) is 1. The fourth-order valence-corrected chi connectivity index (χ4v) is 2.72. The summed E-state index contributed by atoms with van der Waals surface area (Å²) in [6.45, 7) is 2.00. The lowest BCUT2D eigenvalue weighted by Gasteiger charge is -2.20. The van der Waals surface area contributed by atoms with Crippen LogP contribution in [0.4, 0.5) is 0 Å². The van der Waals surface area contributed by atoms with Crippen LogP contribution in [0.3, 0.4) is 0 Å². The zero-order chi connectivity index (χ0) is 20.5. The quantitative estimate of drug-likeness (QED) is 0.666. The molecule has 0 bridgehead atoms. The third kappa shape index (κ3) is 5.39. The van der Waals surface area contributed by atoms with Crippen molar-refractivity contribution in [3.8, 4) is 17.2 Å². The first-order valence-electron chi connectivity index (χ1n) is 8.84. The first-order chi connectivity index (χ1) is 13.5. The van der Waals surface area contributed by atoms with Crippen LogP contribution in [0.2, 0.25) is 0 Å². The molecule has 1 N–H and O–H groups in total. The lowest BCUT2D eigenvalue weighted by Crippen LogP contribution is -2.31. The summed E-state index contributed by atoms with van der Waals surface area (Å²) in [6.07, 6.45) is -0.0148. The van der Waals surface area contributed by atoms with Crippen LogP contribution >= 0.6 is 0 Å². The highest BCUT2D eigenvalue weighted by molar-refractivity contribution is 5.97. The minimum atomic E-state index is -0.599. The summed E-state index contributed by atoms with van der Waals surface area (Å²) in [5, 5.41) is 2.89. The number of benzene rings is 2. The summed E-state index contributed by atoms with van der Waals surface area (Å²) in [5.74, 6) is 0.744. The van der Waals surface area contributed by atoms with E-state index >= 15 is 0 Å². The molecule has 7 heteroatoms. The number of carbonyl (C=O) groups excluding carboxylic acids is 2. The van der Waals surface area contributed by atoms with Crippen LogP contribution < -0.4 is 19.5 Å². The highest BCUT2D eigenvalue weighted by atomic mass is 16.5. The first kappa shape index (κ1) is 21.1. The van der Waals surface area contributed by atoms with Gasteiger partial charge >= 0.3 is 5.97 Å². The number of esters is 1. The normalized spacial score (nSPS) is 11.3. The third-order valence-corrected chi connectivity index (χ3v) is 4.13. The molecule has 0 aliphatic carbocycles. The van der Waals surface area contributed by atoms with E-state index in [0.717, 1.165) is 5.56 Å². The number of ether oxygens (including phenoxy) is 4. The van der Waals surface area contributed by atoms with Gasteiger partial charge in [0.05, 0.1) is 46.0 Å². The van der Waals surface area contributed by atoms with Gasteiger partial charge < -0.3 is 24.3 Å². The van der Waals surface area contributed by atoms with Crippen molar-refractivity contribution in [3.63, 3.8) is 0 Å². The maximum atomic E-state index is 12.9. The SMILES string of the molecule is CCOC(=O)CC(NC(=O)c1cc(OC)ccc1OC)c1cccc(OC)c1. The van der Waals surface area contributed by atoms with E-state index in [4.69, 9.17) is 18.9 Å². The molecule has 0 fully saturated rings. The van der Waals surface area contributed by atoms with Gasteiger partial charge in [0, 0.05) is 0 Å². The molecule has 0 saturated carbocycles. The summed E-state index contributed by atoms with van der Waals surface area (Å²) in [6, 6.07) is 11.5. The van der Waals surface area contributed by atoms with Crippen molar-refractivity contribution in [3.05, 3.63) is 53.6 Å². The van der Waals surface area contributed by atoms with Crippen molar-refractivity contribution in [1.29, 1.82) is 0 Å². The lowest BCUT2D eigenvalue weighted by atomic mass is 10.0. The molecule has 0 aromatic heterocycles. The van der Waals surface area contributed by atoms with Gasteiger partial charge in [0.25, 0.3) is 5.91 Å². The Morgan fingerprint density at radius 1 is 0.964 bits per heavy atom. The molecule has 0 aliphatic heterocycles. The molecule has 0 spiro atoms. The van der Waals surface area contributed by atoms with Gasteiger partial charge in [-0.25, -0.2) is 0 Å². The van der Waals surface area contributed by atoms with Crippen LogP contribution in [0.25, 0.3) is 0 Å². The molecule has 150 valence electrons. The highest BCUT2D eigenvalue weighted by Gasteiger charge is 2.22. The summed E-state index contributed by atoms with van der Waals surface area (Å²) < 4.78 is 20.8. The number of carbonyl (C=O) groups is 2. The number of hydrogen-bond donors (Lipinski definition) is 1. The Labute approximate surface area is 164 Å². The fraction of sp³-hybridized carbons (Fsp3) is 0.333. The monoisotopic (exact) mass is 387 g/mol. The maximum Gasteiger partial charge on any atom is 0.308 e. The minimum Gasteiger partial charge on any atom is -0.497 e. The number of amides is 1. The Morgan fingerprint density at radius 3 is 2.32 bits per heavy atom. The zero-order valence-corrected chi connectivity index (χ0v) is 16.5. The molecule has 0 saturated heterocycles. The molecular weight excluding hydrogens is 362 g/mol. The maximum absolute atomic E-state index is 12.9. The lowest BCUT2D eigenvalue weighted by molar-refractivity contribution is -0.143. The van der Waals surface area contributed by atoms with Gasteiger partial charge in [-0.05, 0) is 42.8 Å². The van der Waals surface area contributed by atoms with Gasteiger partial charge in [-0.1, -0.05) is 12.1 Å². The van der Waals surface area contributed by atoms with E-state index in [1.165, 1.54) is 14.2 Å². The third-order valence-electron chi connectivity index (χ3n) is 4.13. The summed E-state index contributed by atoms with van der Waals surface area (Å²) in [5.41, 5.74) is 1.03. The largest absolute Gasteiger partial charge is 0.497 e. The second-order valence-electron chi connectivity index (χ2n) is 5.88. The molecule has 0 radical (unpaired) electrons. The number of hydrogen-bond acceptors (Lipinski definition) is 6. The van der Waals surface area contributed by atoms with Crippen molar-refractivity contribution in [2.45, 2.75) is 19.4 Å². The van der Waals surface area contributed by atoms with Crippen LogP contribution in [-0.4, -0.2) is 39.8 Å². The van der Waals surface area contributed by atoms with Crippen LogP contribution in [0.5, 0.6) is 17.2 Å². The predicted molar refractivity (Wildman–Crippen MR) is 104 cm³/mol. The smallest absolute Gasteiger partial charge is 0.308 e. The molecule has 1 amide bonds. The minimum absolute atomic E-state index is 0.0148. The van der Waals surface area contributed by atoms with E-state index in [-0.39, 0.29) is 13.0 Å². The van der Waals surface area contributed by atoms with Crippen LogP contribution in [0.15, 0.2) is 42.5 Å². The Hall–Kier alpha value is -3.22. The average Bonchev–Trinajstić information content (AvgIpc) is 2.72. The van der Waals surface area contributed by atoms with E-state index < -0.39 is 17.9 Å². The Kier molecular flexibility index (Phi) is 7.68. The fourth-order valence-electron chi connectivity index (χ4n) is 2.72. The molecule has 0 aliphatic rings. The predicted octanol–water partition coefficient (Wildman–Crippen LogP) is 3.14. The molecule has 1 unspecified atom stereocenters. The van der Waals surface area contributed by atoms with Gasteiger partial charge in [0.15, 0.2) is 0 Å². The van der Waals surface area contributed by atoms with E-state index in [0.29, 0.717) is 22.8 Å². The van der Waals surface area contributed by atoms with Gasteiger partial charge in [0.2, 0.25) is 0 Å². The van der Waals surface area contributed by atoms with Gasteiger partial charge in [0.1, 0.15) is 17.2 Å². The number of methoxy groups -OCH3 is 3. The van der Waals surface area contributed by atoms with Crippen molar-refractivity contribution < 1.29 is 28.5 Å². The molecule has 1 atom stereocenters. The molecular formula is C21H25NO6. The summed E-state index contributed by atoms with van der Waals surface area (Å²) in [7, 11) is 4.55.